The molecule has 1 aromatic carbocycles. The summed E-state index contributed by atoms with van der Waals surface area (Å²) in [7, 11) is -3.48. The van der Waals surface area contributed by atoms with E-state index in [-0.39, 0.29) is 31.4 Å². The van der Waals surface area contributed by atoms with E-state index in [0.717, 1.165) is 31.1 Å². The molecule has 2 aliphatic carbocycles. The van der Waals surface area contributed by atoms with Crippen molar-refractivity contribution >= 4 is 10.0 Å². The van der Waals surface area contributed by atoms with Gasteiger partial charge in [-0.05, 0) is 62.6 Å². The summed E-state index contributed by atoms with van der Waals surface area (Å²) in [5.74, 6) is 0.123. The fraction of sp³-hybridized carbons (Fsp3) is 0.750. The molecule has 1 aromatic rings. The molecular formula is C24H32F4N2O4S. The number of likely N-dealkylation sites (tertiary alicyclic amines) is 1. The molecule has 6 nitrogen and oxygen atoms in total. The Balaban J connectivity index is 1.29. The van der Waals surface area contributed by atoms with E-state index in [4.69, 9.17) is 9.47 Å². The van der Waals surface area contributed by atoms with E-state index in [1.807, 2.05) is 4.90 Å². The van der Waals surface area contributed by atoms with Gasteiger partial charge in [-0.1, -0.05) is 12.8 Å². The number of halogens is 4. The SMILES string of the molecule is CS(=O)(=O)NC1OC1c1cc(C2CC2)c(O[C@@H]2CCCN(CC3(C(F)(F)F)CCCC3)C2)cc1F. The van der Waals surface area contributed by atoms with Crippen molar-refractivity contribution in [2.24, 2.45) is 5.41 Å². The molecule has 4 fully saturated rings. The third-order valence-corrected chi connectivity index (χ3v) is 8.38. The first kappa shape index (κ1) is 25.2. The maximum absolute atomic E-state index is 15.0. The number of hydrogen-bond acceptors (Lipinski definition) is 5. The summed E-state index contributed by atoms with van der Waals surface area (Å²) in [6, 6.07) is 3.03. The van der Waals surface area contributed by atoms with Gasteiger partial charge in [-0.25, -0.2) is 12.8 Å². The van der Waals surface area contributed by atoms with Crippen molar-refractivity contribution in [1.82, 2.24) is 9.62 Å². The minimum Gasteiger partial charge on any atom is -0.489 e. The number of epoxide rings is 1. The van der Waals surface area contributed by atoms with Crippen LogP contribution in [0.2, 0.25) is 0 Å². The lowest BCUT2D eigenvalue weighted by Crippen LogP contribution is -2.50. The first-order valence-corrected chi connectivity index (χ1v) is 14.3. The minimum atomic E-state index is -4.22. The monoisotopic (exact) mass is 520 g/mol. The van der Waals surface area contributed by atoms with Gasteiger partial charge >= 0.3 is 6.18 Å². The van der Waals surface area contributed by atoms with Crippen LogP contribution in [0.25, 0.3) is 0 Å². The Kier molecular flexibility index (Phi) is 6.59. The van der Waals surface area contributed by atoms with Crippen molar-refractivity contribution in [3.63, 3.8) is 0 Å². The first-order valence-electron chi connectivity index (χ1n) is 12.4. The van der Waals surface area contributed by atoms with Crippen molar-refractivity contribution in [2.45, 2.75) is 81.9 Å². The van der Waals surface area contributed by atoms with Gasteiger partial charge in [0.25, 0.3) is 0 Å². The van der Waals surface area contributed by atoms with Crippen LogP contribution < -0.4 is 9.46 Å². The van der Waals surface area contributed by atoms with Crippen LogP contribution in [0.3, 0.4) is 0 Å². The highest BCUT2D eigenvalue weighted by Crippen LogP contribution is 2.51. The number of ether oxygens (including phenoxy) is 2. The highest BCUT2D eigenvalue weighted by atomic mass is 32.2. The second-order valence-corrected chi connectivity index (χ2v) is 12.4. The van der Waals surface area contributed by atoms with Crippen molar-refractivity contribution in [3.8, 4) is 5.75 Å². The highest BCUT2D eigenvalue weighted by Gasteiger charge is 2.56. The zero-order valence-corrected chi connectivity index (χ0v) is 20.6. The molecule has 0 amide bonds. The number of benzene rings is 1. The smallest absolute Gasteiger partial charge is 0.395 e. The third kappa shape index (κ3) is 5.62. The molecule has 11 heteroatoms. The molecule has 2 heterocycles. The molecular weight excluding hydrogens is 488 g/mol. The molecule has 35 heavy (non-hydrogen) atoms. The quantitative estimate of drug-likeness (QED) is 0.400. The molecule has 3 atom stereocenters. The van der Waals surface area contributed by atoms with Gasteiger partial charge in [0.15, 0.2) is 6.23 Å². The summed E-state index contributed by atoms with van der Waals surface area (Å²) in [6.45, 7) is 0.985. The molecule has 4 aliphatic rings. The molecule has 196 valence electrons. The van der Waals surface area contributed by atoms with E-state index in [2.05, 4.69) is 4.72 Å². The summed E-state index contributed by atoms with van der Waals surface area (Å²) in [4.78, 5) is 1.87. The molecule has 0 bridgehead atoms. The average Bonchev–Trinajstić information content (AvgIpc) is 3.66. The molecule has 2 aliphatic heterocycles. The normalized spacial score (nSPS) is 29.3. The average molecular weight is 521 g/mol. The maximum atomic E-state index is 15.0. The van der Waals surface area contributed by atoms with Crippen molar-refractivity contribution in [2.75, 3.05) is 25.9 Å². The Hall–Kier alpha value is -1.43. The number of nitrogens with one attached hydrogen (secondary N) is 1. The predicted molar refractivity (Wildman–Crippen MR) is 121 cm³/mol. The van der Waals surface area contributed by atoms with Crippen LogP contribution in [0.4, 0.5) is 17.6 Å². The molecule has 0 aromatic heterocycles. The molecule has 2 unspecified atom stereocenters. The Morgan fingerprint density at radius 2 is 1.86 bits per heavy atom. The summed E-state index contributed by atoms with van der Waals surface area (Å²) >= 11 is 0. The van der Waals surface area contributed by atoms with Crippen LogP contribution in [0.15, 0.2) is 12.1 Å². The zero-order chi connectivity index (χ0) is 25.0. The number of nitrogens with zero attached hydrogens (tertiary/aromatic N) is 1. The van der Waals surface area contributed by atoms with Crippen molar-refractivity contribution < 1.29 is 35.5 Å². The lowest BCUT2D eigenvalue weighted by atomic mass is 9.84. The highest BCUT2D eigenvalue weighted by molar-refractivity contribution is 7.88. The molecule has 5 rings (SSSR count). The third-order valence-electron chi connectivity index (χ3n) is 7.72. The fourth-order valence-corrected chi connectivity index (χ4v) is 6.32. The molecule has 0 radical (unpaired) electrons. The first-order chi connectivity index (χ1) is 16.4. The number of piperidine rings is 1. The topological polar surface area (TPSA) is 71.2 Å². The standard InChI is InChI=1S/C24H32F4N2O4S/c1-35(31,32)29-22-21(34-22)18-11-17(15-6-7-15)20(12-19(18)25)33-16-5-4-10-30(13-16)14-23(24(26,27)28)8-2-3-9-23/h11-12,15-16,21-22,29H,2-10,13-14H2,1H3/t16-,21?,22?/m1/s1. The Morgan fingerprint density at radius 3 is 2.49 bits per heavy atom. The van der Waals surface area contributed by atoms with Crippen LogP contribution in [-0.2, 0) is 14.8 Å². The summed E-state index contributed by atoms with van der Waals surface area (Å²) in [6.07, 6.45) is -0.0965. The van der Waals surface area contributed by atoms with Gasteiger partial charge in [0.2, 0.25) is 10.0 Å². The van der Waals surface area contributed by atoms with Crippen LogP contribution in [0, 0.1) is 11.2 Å². The minimum absolute atomic E-state index is 0.00706. The zero-order valence-electron chi connectivity index (χ0n) is 19.7. The Bertz CT molecular complexity index is 1050. The van der Waals surface area contributed by atoms with Gasteiger partial charge in [-0.15, -0.1) is 0 Å². The van der Waals surface area contributed by atoms with Gasteiger partial charge in [0, 0.05) is 24.7 Å². The molecule has 0 spiro atoms. The Morgan fingerprint density at radius 1 is 1.14 bits per heavy atom. The molecule has 2 saturated carbocycles. The summed E-state index contributed by atoms with van der Waals surface area (Å²) in [5.41, 5.74) is -0.489. The number of alkyl halides is 3. The van der Waals surface area contributed by atoms with E-state index >= 15 is 4.39 Å². The van der Waals surface area contributed by atoms with Crippen LogP contribution in [0.5, 0.6) is 5.75 Å². The predicted octanol–water partition coefficient (Wildman–Crippen LogP) is 4.62. The van der Waals surface area contributed by atoms with Gasteiger partial charge < -0.3 is 9.47 Å². The largest absolute Gasteiger partial charge is 0.489 e. The van der Waals surface area contributed by atoms with E-state index < -0.39 is 39.8 Å². The number of rotatable bonds is 8. The lowest BCUT2D eigenvalue weighted by molar-refractivity contribution is -0.229. The number of sulfonamides is 1. The maximum Gasteiger partial charge on any atom is 0.395 e. The van der Waals surface area contributed by atoms with E-state index in [1.54, 1.807) is 6.07 Å². The second kappa shape index (κ2) is 9.15. The van der Waals surface area contributed by atoms with E-state index in [1.165, 1.54) is 6.07 Å². The van der Waals surface area contributed by atoms with E-state index in [9.17, 15) is 21.6 Å². The fourth-order valence-electron chi connectivity index (χ4n) is 5.72. The van der Waals surface area contributed by atoms with Crippen molar-refractivity contribution in [1.29, 1.82) is 0 Å². The van der Waals surface area contributed by atoms with Crippen molar-refractivity contribution in [3.05, 3.63) is 29.1 Å². The van der Waals surface area contributed by atoms with Gasteiger partial charge in [-0.3, -0.25) is 4.90 Å². The van der Waals surface area contributed by atoms with Crippen LogP contribution in [-0.4, -0.2) is 57.7 Å². The van der Waals surface area contributed by atoms with Crippen LogP contribution in [0.1, 0.15) is 74.5 Å². The van der Waals surface area contributed by atoms with E-state index in [0.29, 0.717) is 43.7 Å². The summed E-state index contributed by atoms with van der Waals surface area (Å²) < 4.78 is 93.5. The number of hydrogen-bond donors (Lipinski definition) is 1. The Labute approximate surface area is 203 Å². The van der Waals surface area contributed by atoms with Gasteiger partial charge in [0.05, 0.1) is 11.7 Å². The summed E-state index contributed by atoms with van der Waals surface area (Å²) in [5, 5.41) is 0. The van der Waals surface area contributed by atoms with Crippen LogP contribution >= 0.6 is 0 Å². The lowest BCUT2D eigenvalue weighted by Gasteiger charge is -2.40. The van der Waals surface area contributed by atoms with Gasteiger partial charge in [-0.2, -0.15) is 17.9 Å². The second-order valence-electron chi connectivity index (χ2n) is 10.7. The molecule has 1 N–H and O–H groups in total. The van der Waals surface area contributed by atoms with Gasteiger partial charge in [0.1, 0.15) is 23.8 Å². The molecule has 2 saturated heterocycles.